The zero-order valence-corrected chi connectivity index (χ0v) is 9.21. The fraction of sp³-hybridized carbons (Fsp3) is 1.00. The molecule has 0 spiro atoms. The van der Waals surface area contributed by atoms with Crippen molar-refractivity contribution >= 4 is 0 Å². The van der Waals surface area contributed by atoms with Gasteiger partial charge in [0.25, 0.3) is 0 Å². The van der Waals surface area contributed by atoms with Crippen molar-refractivity contribution < 1.29 is 5.11 Å². The topological polar surface area (TPSA) is 23.5 Å². The molecule has 0 unspecified atom stereocenters. The van der Waals surface area contributed by atoms with Crippen LogP contribution in [-0.4, -0.2) is 35.2 Å². The second-order valence-electron chi connectivity index (χ2n) is 4.99. The first kappa shape index (κ1) is 11.0. The highest BCUT2D eigenvalue weighted by Crippen LogP contribution is 2.30. The molecule has 0 atom stereocenters. The minimum atomic E-state index is -0.538. The molecular weight excluding hydrogens is 162 g/mol. The van der Waals surface area contributed by atoms with Crippen LogP contribution in [0.1, 0.15) is 40.0 Å². The van der Waals surface area contributed by atoms with E-state index in [1.807, 2.05) is 13.8 Å². The summed E-state index contributed by atoms with van der Waals surface area (Å²) in [6, 6.07) is 0. The van der Waals surface area contributed by atoms with E-state index in [-0.39, 0.29) is 0 Å². The quantitative estimate of drug-likeness (QED) is 0.683. The number of hydrogen-bond acceptors (Lipinski definition) is 2. The van der Waals surface area contributed by atoms with Gasteiger partial charge in [0.1, 0.15) is 0 Å². The maximum atomic E-state index is 9.71. The van der Waals surface area contributed by atoms with E-state index in [4.69, 9.17) is 0 Å². The highest BCUT2D eigenvalue weighted by atomic mass is 16.3. The summed E-state index contributed by atoms with van der Waals surface area (Å²) in [4.78, 5) is 2.40. The van der Waals surface area contributed by atoms with E-state index in [9.17, 15) is 5.11 Å². The Hall–Kier alpha value is -0.0800. The Kier molecular flexibility index (Phi) is 3.74. The Labute approximate surface area is 81.9 Å². The Balaban J connectivity index is 2.27. The van der Waals surface area contributed by atoms with Crippen LogP contribution in [-0.2, 0) is 0 Å². The number of rotatable bonds is 6. The summed E-state index contributed by atoms with van der Waals surface area (Å²) in [5.74, 6) is 0.925. The fourth-order valence-electron chi connectivity index (χ4n) is 1.76. The average Bonchev–Trinajstić information content (AvgIpc) is 2.68. The van der Waals surface area contributed by atoms with E-state index in [0.717, 1.165) is 19.0 Å². The van der Waals surface area contributed by atoms with Gasteiger partial charge in [-0.2, -0.15) is 0 Å². The maximum absolute atomic E-state index is 9.71. The molecule has 2 nitrogen and oxygen atoms in total. The second-order valence-corrected chi connectivity index (χ2v) is 4.99. The SMILES string of the molecule is CCCN(CC1CC1)CC(C)(C)O. The summed E-state index contributed by atoms with van der Waals surface area (Å²) in [7, 11) is 0. The molecule has 1 saturated carbocycles. The van der Waals surface area contributed by atoms with Gasteiger partial charge in [-0.1, -0.05) is 6.92 Å². The summed E-state index contributed by atoms with van der Waals surface area (Å²) < 4.78 is 0. The van der Waals surface area contributed by atoms with Crippen LogP contribution in [0.3, 0.4) is 0 Å². The summed E-state index contributed by atoms with van der Waals surface area (Å²) in [5, 5.41) is 9.71. The number of nitrogens with zero attached hydrogens (tertiary/aromatic N) is 1. The Morgan fingerprint density at radius 1 is 1.38 bits per heavy atom. The van der Waals surface area contributed by atoms with Crippen LogP contribution in [0.2, 0.25) is 0 Å². The van der Waals surface area contributed by atoms with E-state index in [1.165, 1.54) is 25.8 Å². The predicted molar refractivity (Wildman–Crippen MR) is 55.8 cm³/mol. The van der Waals surface area contributed by atoms with Gasteiger partial charge in [-0.3, -0.25) is 0 Å². The lowest BCUT2D eigenvalue weighted by molar-refractivity contribution is 0.0347. The van der Waals surface area contributed by atoms with Crippen LogP contribution >= 0.6 is 0 Å². The van der Waals surface area contributed by atoms with Crippen molar-refractivity contribution in [2.45, 2.75) is 45.6 Å². The van der Waals surface area contributed by atoms with Gasteiger partial charge in [-0.15, -0.1) is 0 Å². The van der Waals surface area contributed by atoms with Gasteiger partial charge < -0.3 is 10.0 Å². The van der Waals surface area contributed by atoms with Gasteiger partial charge in [0.05, 0.1) is 5.60 Å². The first-order chi connectivity index (χ1) is 6.01. The van der Waals surface area contributed by atoms with Crippen molar-refractivity contribution in [2.24, 2.45) is 5.92 Å². The van der Waals surface area contributed by atoms with Gasteiger partial charge in [-0.25, -0.2) is 0 Å². The largest absolute Gasteiger partial charge is 0.389 e. The van der Waals surface area contributed by atoms with Crippen LogP contribution in [0, 0.1) is 5.92 Å². The minimum absolute atomic E-state index is 0.538. The molecule has 2 heteroatoms. The Morgan fingerprint density at radius 3 is 2.38 bits per heavy atom. The van der Waals surface area contributed by atoms with Crippen molar-refractivity contribution in [1.29, 1.82) is 0 Å². The lowest BCUT2D eigenvalue weighted by atomic mass is 10.1. The standard InChI is InChI=1S/C11H23NO/c1-4-7-12(8-10-5-6-10)9-11(2,3)13/h10,13H,4-9H2,1-3H3. The molecule has 0 bridgehead atoms. The molecule has 0 aliphatic heterocycles. The average molecular weight is 185 g/mol. The molecule has 1 fully saturated rings. The van der Waals surface area contributed by atoms with Crippen molar-refractivity contribution in [3.63, 3.8) is 0 Å². The van der Waals surface area contributed by atoms with Crippen LogP contribution in [0.5, 0.6) is 0 Å². The highest BCUT2D eigenvalue weighted by Gasteiger charge is 2.26. The zero-order chi connectivity index (χ0) is 9.90. The van der Waals surface area contributed by atoms with Crippen LogP contribution in [0.15, 0.2) is 0 Å². The Bertz CT molecular complexity index is 147. The monoisotopic (exact) mass is 185 g/mol. The van der Waals surface area contributed by atoms with Gasteiger partial charge >= 0.3 is 0 Å². The summed E-state index contributed by atoms with van der Waals surface area (Å²) >= 11 is 0. The summed E-state index contributed by atoms with van der Waals surface area (Å²) in [6.45, 7) is 9.12. The number of hydrogen-bond donors (Lipinski definition) is 1. The molecule has 78 valence electrons. The lowest BCUT2D eigenvalue weighted by Crippen LogP contribution is -2.40. The molecule has 0 aromatic rings. The molecule has 0 radical (unpaired) electrons. The molecule has 0 saturated heterocycles. The molecule has 1 aliphatic carbocycles. The fourth-order valence-corrected chi connectivity index (χ4v) is 1.76. The molecule has 1 N–H and O–H groups in total. The van der Waals surface area contributed by atoms with E-state index < -0.39 is 5.60 Å². The number of aliphatic hydroxyl groups is 1. The molecule has 13 heavy (non-hydrogen) atoms. The predicted octanol–water partition coefficient (Wildman–Crippen LogP) is 1.88. The molecule has 0 aromatic carbocycles. The van der Waals surface area contributed by atoms with Crippen molar-refractivity contribution in [2.75, 3.05) is 19.6 Å². The van der Waals surface area contributed by atoms with Gasteiger partial charge in [-0.05, 0) is 45.6 Å². The van der Waals surface area contributed by atoms with E-state index in [0.29, 0.717) is 0 Å². The van der Waals surface area contributed by atoms with E-state index in [2.05, 4.69) is 11.8 Å². The van der Waals surface area contributed by atoms with Crippen molar-refractivity contribution in [3.8, 4) is 0 Å². The van der Waals surface area contributed by atoms with Gasteiger partial charge in [0.2, 0.25) is 0 Å². The summed E-state index contributed by atoms with van der Waals surface area (Å²) in [5.41, 5.74) is -0.538. The van der Waals surface area contributed by atoms with Crippen molar-refractivity contribution in [3.05, 3.63) is 0 Å². The third kappa shape index (κ3) is 5.27. The molecule has 1 rings (SSSR count). The van der Waals surface area contributed by atoms with Crippen LogP contribution < -0.4 is 0 Å². The zero-order valence-electron chi connectivity index (χ0n) is 9.21. The summed E-state index contributed by atoms with van der Waals surface area (Å²) in [6.07, 6.45) is 3.97. The second kappa shape index (κ2) is 4.43. The van der Waals surface area contributed by atoms with E-state index >= 15 is 0 Å². The van der Waals surface area contributed by atoms with E-state index in [1.54, 1.807) is 0 Å². The third-order valence-electron chi connectivity index (χ3n) is 2.36. The maximum Gasteiger partial charge on any atom is 0.0718 e. The first-order valence-electron chi connectivity index (χ1n) is 5.46. The van der Waals surface area contributed by atoms with Crippen LogP contribution in [0.4, 0.5) is 0 Å². The highest BCUT2D eigenvalue weighted by molar-refractivity contribution is 4.80. The molecule has 0 amide bonds. The third-order valence-corrected chi connectivity index (χ3v) is 2.36. The normalized spacial score (nSPS) is 18.2. The minimum Gasteiger partial charge on any atom is -0.389 e. The molecule has 0 heterocycles. The van der Waals surface area contributed by atoms with Crippen molar-refractivity contribution in [1.82, 2.24) is 4.90 Å². The smallest absolute Gasteiger partial charge is 0.0718 e. The van der Waals surface area contributed by atoms with Gasteiger partial charge in [0.15, 0.2) is 0 Å². The lowest BCUT2D eigenvalue weighted by Gasteiger charge is -2.28. The molecule has 0 aromatic heterocycles. The molecule has 1 aliphatic rings. The molecular formula is C11H23NO. The Morgan fingerprint density at radius 2 is 2.00 bits per heavy atom. The first-order valence-corrected chi connectivity index (χ1v) is 5.46. The van der Waals surface area contributed by atoms with Gasteiger partial charge in [0, 0.05) is 13.1 Å². The van der Waals surface area contributed by atoms with Crippen LogP contribution in [0.25, 0.3) is 0 Å².